The van der Waals surface area contributed by atoms with Crippen LogP contribution in [0.15, 0.2) is 36.4 Å². The zero-order chi connectivity index (χ0) is 14.3. The van der Waals surface area contributed by atoms with Crippen molar-refractivity contribution in [1.82, 2.24) is 5.32 Å². The van der Waals surface area contributed by atoms with Gasteiger partial charge in [-0.05, 0) is 55.9 Å². The van der Waals surface area contributed by atoms with Crippen LogP contribution in [0.3, 0.4) is 0 Å². The molecule has 2 heteroatoms. The molecule has 4 aliphatic rings. The Hall–Kier alpha value is -1.12. The second-order valence-corrected chi connectivity index (χ2v) is 7.66. The molecule has 1 aromatic carbocycles. The SMILES string of the molecule is OC12C[C@H]3C[C@H](C1)CC(NC/C=C/c1ccccc1)(C3)C2. The standard InChI is InChI=1S/C19H25NO/c21-19-12-16-9-17(13-19)11-18(10-16,14-19)20-8-4-7-15-5-2-1-3-6-15/h1-7,16-17,20-21H,8-14H2/b7-4+/t16-,17-,18?,19?/m0/s1. The first-order chi connectivity index (χ1) is 10.1. The maximum atomic E-state index is 10.7. The third kappa shape index (κ3) is 2.67. The molecule has 0 saturated heterocycles. The number of hydrogen-bond acceptors (Lipinski definition) is 2. The van der Waals surface area contributed by atoms with E-state index in [0.29, 0.717) is 0 Å². The van der Waals surface area contributed by atoms with Gasteiger partial charge in [-0.25, -0.2) is 0 Å². The van der Waals surface area contributed by atoms with Gasteiger partial charge in [0.05, 0.1) is 5.60 Å². The third-order valence-corrected chi connectivity index (χ3v) is 5.73. The van der Waals surface area contributed by atoms with Crippen LogP contribution in [-0.4, -0.2) is 22.8 Å². The summed E-state index contributed by atoms with van der Waals surface area (Å²) in [6.45, 7) is 0.907. The van der Waals surface area contributed by atoms with Gasteiger partial charge in [-0.15, -0.1) is 0 Å². The molecule has 4 bridgehead atoms. The summed E-state index contributed by atoms with van der Waals surface area (Å²) in [5.74, 6) is 1.50. The van der Waals surface area contributed by atoms with Gasteiger partial charge in [-0.1, -0.05) is 42.5 Å². The summed E-state index contributed by atoms with van der Waals surface area (Å²) in [7, 11) is 0. The fraction of sp³-hybridized carbons (Fsp3) is 0.579. The molecule has 0 heterocycles. The predicted octanol–water partition coefficient (Wildman–Crippen LogP) is 3.37. The first-order valence-electron chi connectivity index (χ1n) is 8.34. The Kier molecular flexibility index (Phi) is 3.20. The van der Waals surface area contributed by atoms with Crippen molar-refractivity contribution in [1.29, 1.82) is 0 Å². The Morgan fingerprint density at radius 3 is 2.48 bits per heavy atom. The molecule has 2 atom stereocenters. The molecule has 112 valence electrons. The summed E-state index contributed by atoms with van der Waals surface area (Å²) in [4.78, 5) is 0. The molecule has 0 amide bonds. The van der Waals surface area contributed by atoms with Crippen LogP contribution in [0.25, 0.3) is 6.08 Å². The van der Waals surface area contributed by atoms with Gasteiger partial charge in [0.2, 0.25) is 0 Å². The van der Waals surface area contributed by atoms with Gasteiger partial charge in [0.1, 0.15) is 0 Å². The normalized spacial score (nSPS) is 41.0. The average molecular weight is 283 g/mol. The Balaban J connectivity index is 1.40. The van der Waals surface area contributed by atoms with Crippen LogP contribution in [0.2, 0.25) is 0 Å². The zero-order valence-corrected chi connectivity index (χ0v) is 12.6. The number of benzene rings is 1. The second kappa shape index (κ2) is 4.96. The van der Waals surface area contributed by atoms with E-state index in [2.05, 4.69) is 41.7 Å². The van der Waals surface area contributed by atoms with E-state index in [1.807, 2.05) is 6.07 Å². The average Bonchev–Trinajstić information content (AvgIpc) is 2.42. The van der Waals surface area contributed by atoms with E-state index >= 15 is 0 Å². The lowest BCUT2D eigenvalue weighted by molar-refractivity contribution is -0.141. The lowest BCUT2D eigenvalue weighted by atomic mass is 9.51. The Labute approximate surface area is 127 Å². The van der Waals surface area contributed by atoms with E-state index in [1.54, 1.807) is 0 Å². The van der Waals surface area contributed by atoms with Crippen molar-refractivity contribution in [2.45, 2.75) is 49.7 Å². The van der Waals surface area contributed by atoms with Gasteiger partial charge >= 0.3 is 0 Å². The van der Waals surface area contributed by atoms with Crippen LogP contribution in [0.4, 0.5) is 0 Å². The minimum atomic E-state index is -0.361. The van der Waals surface area contributed by atoms with Gasteiger partial charge in [-0.3, -0.25) is 0 Å². The van der Waals surface area contributed by atoms with Crippen LogP contribution < -0.4 is 5.32 Å². The highest BCUT2D eigenvalue weighted by Gasteiger charge is 2.56. The molecule has 4 fully saturated rings. The molecule has 2 nitrogen and oxygen atoms in total. The molecule has 4 aliphatic carbocycles. The van der Waals surface area contributed by atoms with Crippen molar-refractivity contribution < 1.29 is 5.11 Å². The van der Waals surface area contributed by atoms with E-state index in [1.165, 1.54) is 24.8 Å². The second-order valence-electron chi connectivity index (χ2n) is 7.66. The maximum absolute atomic E-state index is 10.7. The third-order valence-electron chi connectivity index (χ3n) is 5.73. The van der Waals surface area contributed by atoms with E-state index in [4.69, 9.17) is 0 Å². The molecule has 2 N–H and O–H groups in total. The van der Waals surface area contributed by atoms with Gasteiger partial charge < -0.3 is 10.4 Å². The first-order valence-corrected chi connectivity index (χ1v) is 8.34. The monoisotopic (exact) mass is 283 g/mol. The van der Waals surface area contributed by atoms with E-state index < -0.39 is 0 Å². The Morgan fingerprint density at radius 1 is 1.10 bits per heavy atom. The molecule has 0 unspecified atom stereocenters. The summed E-state index contributed by atoms with van der Waals surface area (Å²) >= 11 is 0. The summed E-state index contributed by atoms with van der Waals surface area (Å²) in [6.07, 6.45) is 11.4. The number of aliphatic hydroxyl groups is 1. The number of nitrogens with one attached hydrogen (secondary N) is 1. The molecular formula is C19H25NO. The fourth-order valence-corrected chi connectivity index (χ4v) is 5.46. The van der Waals surface area contributed by atoms with Crippen molar-refractivity contribution in [2.75, 3.05) is 6.54 Å². The van der Waals surface area contributed by atoms with E-state index in [-0.39, 0.29) is 11.1 Å². The zero-order valence-electron chi connectivity index (χ0n) is 12.6. The molecule has 21 heavy (non-hydrogen) atoms. The smallest absolute Gasteiger partial charge is 0.0670 e. The van der Waals surface area contributed by atoms with Crippen LogP contribution >= 0.6 is 0 Å². The lowest BCUT2D eigenvalue weighted by Crippen LogP contribution is -2.64. The molecule has 0 aromatic heterocycles. The van der Waals surface area contributed by atoms with Crippen molar-refractivity contribution >= 4 is 6.08 Å². The highest BCUT2D eigenvalue weighted by molar-refractivity contribution is 5.48. The quantitative estimate of drug-likeness (QED) is 0.888. The highest BCUT2D eigenvalue weighted by atomic mass is 16.3. The van der Waals surface area contributed by atoms with Crippen molar-refractivity contribution in [3.05, 3.63) is 42.0 Å². The lowest BCUT2D eigenvalue weighted by Gasteiger charge is -2.60. The molecule has 0 spiro atoms. The largest absolute Gasteiger partial charge is 0.390 e. The minimum Gasteiger partial charge on any atom is -0.390 e. The maximum Gasteiger partial charge on any atom is 0.0670 e. The minimum absolute atomic E-state index is 0.208. The summed E-state index contributed by atoms with van der Waals surface area (Å²) in [5, 5.41) is 14.5. The van der Waals surface area contributed by atoms with Gasteiger partial charge in [0, 0.05) is 12.1 Å². The summed E-state index contributed by atoms with van der Waals surface area (Å²) in [6, 6.07) is 10.4. The molecule has 4 saturated carbocycles. The van der Waals surface area contributed by atoms with E-state index in [9.17, 15) is 5.11 Å². The summed E-state index contributed by atoms with van der Waals surface area (Å²) in [5.41, 5.74) is 1.10. The van der Waals surface area contributed by atoms with Crippen molar-refractivity contribution in [3.63, 3.8) is 0 Å². The number of hydrogen-bond donors (Lipinski definition) is 2. The first kappa shape index (κ1) is 13.5. The van der Waals surface area contributed by atoms with Crippen LogP contribution in [0.1, 0.15) is 44.1 Å². The van der Waals surface area contributed by atoms with Crippen LogP contribution in [-0.2, 0) is 0 Å². The fourth-order valence-electron chi connectivity index (χ4n) is 5.46. The molecule has 0 radical (unpaired) electrons. The van der Waals surface area contributed by atoms with E-state index in [0.717, 1.165) is 37.6 Å². The van der Waals surface area contributed by atoms with Gasteiger partial charge in [-0.2, -0.15) is 0 Å². The molecule has 1 aromatic rings. The molecule has 0 aliphatic heterocycles. The highest BCUT2D eigenvalue weighted by Crippen LogP contribution is 2.57. The topological polar surface area (TPSA) is 32.3 Å². The molecular weight excluding hydrogens is 258 g/mol. The Morgan fingerprint density at radius 2 is 1.81 bits per heavy atom. The van der Waals surface area contributed by atoms with Crippen molar-refractivity contribution in [2.24, 2.45) is 11.8 Å². The number of rotatable bonds is 4. The van der Waals surface area contributed by atoms with Crippen molar-refractivity contribution in [3.8, 4) is 0 Å². The summed E-state index contributed by atoms with van der Waals surface area (Å²) < 4.78 is 0. The predicted molar refractivity (Wildman–Crippen MR) is 85.8 cm³/mol. The molecule has 5 rings (SSSR count). The van der Waals surface area contributed by atoms with Gasteiger partial charge in [0.25, 0.3) is 0 Å². The van der Waals surface area contributed by atoms with Gasteiger partial charge in [0.15, 0.2) is 0 Å². The Bertz CT molecular complexity index is 522. The van der Waals surface area contributed by atoms with Crippen LogP contribution in [0.5, 0.6) is 0 Å². The van der Waals surface area contributed by atoms with Crippen LogP contribution in [0, 0.1) is 11.8 Å².